The summed E-state index contributed by atoms with van der Waals surface area (Å²) in [6.07, 6.45) is 10.7. The highest BCUT2D eigenvalue weighted by Gasteiger charge is 2.29. The summed E-state index contributed by atoms with van der Waals surface area (Å²) >= 11 is 1.53. The van der Waals surface area contributed by atoms with Crippen LogP contribution in [-0.4, -0.2) is 49.8 Å². The summed E-state index contributed by atoms with van der Waals surface area (Å²) in [5.41, 5.74) is 6.52. The molecule has 3 aromatic rings. The number of ether oxygens (including phenoxy) is 2. The topological polar surface area (TPSA) is 80.2 Å². The van der Waals surface area contributed by atoms with Gasteiger partial charge < -0.3 is 14.8 Å². The molecule has 0 spiro atoms. The van der Waals surface area contributed by atoms with E-state index in [2.05, 4.69) is 57.2 Å². The average Bonchev–Trinajstić information content (AvgIpc) is 3.54. The van der Waals surface area contributed by atoms with Crippen molar-refractivity contribution in [3.05, 3.63) is 100 Å². The Balaban J connectivity index is 0.000000309. The van der Waals surface area contributed by atoms with Gasteiger partial charge in [0.15, 0.2) is 6.17 Å². The molecular weight excluding hydrogens is 762 g/mol. The smallest absolute Gasteiger partial charge is 0.387 e. The molecule has 2 atom stereocenters. The highest BCUT2D eigenvalue weighted by molar-refractivity contribution is 8.04. The number of nitrogens with zero attached hydrogens (tertiary/aromatic N) is 2. The van der Waals surface area contributed by atoms with Crippen LogP contribution in [0.5, 0.6) is 5.75 Å². The molecule has 0 aliphatic carbocycles. The van der Waals surface area contributed by atoms with Gasteiger partial charge in [0.05, 0.1) is 35.4 Å². The van der Waals surface area contributed by atoms with Gasteiger partial charge in [0.2, 0.25) is 11.8 Å². The van der Waals surface area contributed by atoms with Crippen molar-refractivity contribution >= 4 is 61.4 Å². The van der Waals surface area contributed by atoms with Crippen LogP contribution in [0.4, 0.5) is 28.9 Å². The normalized spacial score (nSPS) is 14.1. The van der Waals surface area contributed by atoms with Crippen LogP contribution in [0, 0.1) is 13.8 Å². The number of benzene rings is 3. The fourth-order valence-corrected chi connectivity index (χ4v) is 6.28. The predicted octanol–water partition coefficient (Wildman–Crippen LogP) is 11.3. The first-order valence-electron chi connectivity index (χ1n) is 18.8. The predicted molar refractivity (Wildman–Crippen MR) is 229 cm³/mol. The van der Waals surface area contributed by atoms with Crippen molar-refractivity contribution in [2.24, 2.45) is 4.99 Å². The van der Waals surface area contributed by atoms with Crippen molar-refractivity contribution in [2.75, 3.05) is 29.3 Å². The molecule has 0 aromatic heterocycles. The number of carbonyl (C=O) groups is 2. The molecule has 7 nitrogen and oxygen atoms in total. The van der Waals surface area contributed by atoms with Crippen LogP contribution >= 0.6 is 21.0 Å². The molecule has 1 heterocycles. The number of hydrogen-bond acceptors (Lipinski definition) is 6. The van der Waals surface area contributed by atoms with Gasteiger partial charge in [0, 0.05) is 30.0 Å². The zero-order valence-electron chi connectivity index (χ0n) is 33.3. The Bertz CT molecular complexity index is 1760. The van der Waals surface area contributed by atoms with Crippen molar-refractivity contribution in [3.8, 4) is 5.75 Å². The molecule has 0 radical (unpaired) electrons. The highest BCUT2D eigenvalue weighted by atomic mass is 32.2. The number of hydrogen-bond donors (Lipinski definition) is 1. The number of alkyl halides is 4. The summed E-state index contributed by atoms with van der Waals surface area (Å²) in [7, 11) is 2.67. The second-order valence-corrected chi connectivity index (χ2v) is 14.5. The number of thioether (sulfide) groups is 1. The molecule has 306 valence electrons. The molecule has 1 aliphatic rings. The molecule has 2 unspecified atom stereocenters. The van der Waals surface area contributed by atoms with Crippen molar-refractivity contribution in [1.29, 1.82) is 0 Å². The first-order chi connectivity index (χ1) is 26.8. The molecule has 0 saturated carbocycles. The summed E-state index contributed by atoms with van der Waals surface area (Å²) in [6, 6.07) is 18.2. The van der Waals surface area contributed by atoms with Crippen LogP contribution < -0.4 is 20.3 Å². The third kappa shape index (κ3) is 17.9. The van der Waals surface area contributed by atoms with Gasteiger partial charge in [-0.3, -0.25) is 19.5 Å². The summed E-state index contributed by atoms with van der Waals surface area (Å²) in [6.45, 7) is 7.81. The molecule has 3 aromatic carbocycles. The molecule has 1 aliphatic heterocycles. The molecule has 1 saturated heterocycles. The minimum Gasteiger partial charge on any atom is -0.435 e. The molecule has 2 amide bonds. The van der Waals surface area contributed by atoms with E-state index in [9.17, 15) is 27.2 Å². The number of unbranched alkanes of at least 4 members (excludes halogenated alkanes) is 3. The van der Waals surface area contributed by atoms with Crippen molar-refractivity contribution in [2.45, 2.75) is 99.5 Å². The SMILES string of the molecule is CCC/C=C1/SCC(=O)N1c1cc(C)ccc1COCC(F)CF.CCCC=N/C(=C/CCC)c1ccc(NC(C)=O)c(P)c1.Cc1ccc(OC(F)F)cc1. The number of allylic oxidation sites excluding steroid dienone is 2. The number of carbonyl (C=O) groups excluding carboxylic acids is 2. The van der Waals surface area contributed by atoms with Crippen molar-refractivity contribution in [3.63, 3.8) is 0 Å². The fourth-order valence-electron chi connectivity index (χ4n) is 4.97. The Morgan fingerprint density at radius 2 is 1.64 bits per heavy atom. The first-order valence-corrected chi connectivity index (χ1v) is 20.3. The summed E-state index contributed by atoms with van der Waals surface area (Å²) in [4.78, 5) is 29.8. The summed E-state index contributed by atoms with van der Waals surface area (Å²) in [5.74, 6) is 0.583. The lowest BCUT2D eigenvalue weighted by Crippen LogP contribution is -2.25. The maximum Gasteiger partial charge on any atom is 0.387 e. The lowest BCUT2D eigenvalue weighted by atomic mass is 10.1. The number of aliphatic imine (C=N–C) groups is 1. The maximum atomic E-state index is 13.0. The van der Waals surface area contributed by atoms with Crippen LogP contribution in [0.2, 0.25) is 0 Å². The Morgan fingerprint density at radius 1 is 0.964 bits per heavy atom. The van der Waals surface area contributed by atoms with Crippen LogP contribution in [0.1, 0.15) is 88.5 Å². The molecular formula is C43H56F4N3O4PS. The van der Waals surface area contributed by atoms with Gasteiger partial charge in [-0.25, -0.2) is 8.78 Å². The van der Waals surface area contributed by atoms with E-state index >= 15 is 0 Å². The second kappa shape index (κ2) is 26.8. The molecule has 0 bridgehead atoms. The van der Waals surface area contributed by atoms with E-state index in [0.29, 0.717) is 5.75 Å². The number of aryl methyl sites for hydroxylation is 2. The Morgan fingerprint density at radius 3 is 2.25 bits per heavy atom. The average molecular weight is 818 g/mol. The van der Waals surface area contributed by atoms with Crippen LogP contribution in [0.3, 0.4) is 0 Å². The highest BCUT2D eigenvalue weighted by Crippen LogP contribution is 2.37. The fraction of sp³-hybridized carbons (Fsp3) is 0.419. The van der Waals surface area contributed by atoms with E-state index in [1.807, 2.05) is 56.5 Å². The van der Waals surface area contributed by atoms with Crippen molar-refractivity contribution in [1.82, 2.24) is 0 Å². The third-order valence-electron chi connectivity index (χ3n) is 7.81. The van der Waals surface area contributed by atoms with E-state index in [1.165, 1.54) is 30.8 Å². The van der Waals surface area contributed by atoms with E-state index in [4.69, 9.17) is 4.74 Å². The van der Waals surface area contributed by atoms with Gasteiger partial charge in [-0.15, -0.1) is 9.24 Å². The Kier molecular flexibility index (Phi) is 23.0. The van der Waals surface area contributed by atoms with Crippen LogP contribution in [0.15, 0.2) is 82.8 Å². The Labute approximate surface area is 336 Å². The number of anilines is 2. The summed E-state index contributed by atoms with van der Waals surface area (Å²) < 4.78 is 57.8. The molecule has 56 heavy (non-hydrogen) atoms. The molecule has 4 rings (SSSR count). The van der Waals surface area contributed by atoms with Gasteiger partial charge in [-0.1, -0.05) is 99.8 Å². The minimum atomic E-state index is -2.74. The Hall–Kier alpha value is -3.99. The van der Waals surface area contributed by atoms with E-state index in [1.54, 1.807) is 17.0 Å². The minimum absolute atomic E-state index is 0.0290. The molecule has 13 heteroatoms. The number of halogens is 4. The van der Waals surface area contributed by atoms with Gasteiger partial charge >= 0.3 is 6.61 Å². The van der Waals surface area contributed by atoms with Crippen molar-refractivity contribution < 1.29 is 36.6 Å². The second-order valence-electron chi connectivity index (χ2n) is 12.9. The van der Waals surface area contributed by atoms with E-state index < -0.39 is 19.5 Å². The van der Waals surface area contributed by atoms with Crippen LogP contribution in [-0.2, 0) is 20.9 Å². The van der Waals surface area contributed by atoms with Gasteiger partial charge in [0.25, 0.3) is 0 Å². The van der Waals surface area contributed by atoms with Gasteiger partial charge in [0.1, 0.15) is 12.4 Å². The third-order valence-corrected chi connectivity index (χ3v) is 9.32. The molecule has 1 fully saturated rings. The molecule has 1 N–H and O–H groups in total. The lowest BCUT2D eigenvalue weighted by Gasteiger charge is -2.22. The standard InChI is InChI=1S/C18H23F2NO2S.C17H25N2OP.C8H8F2O/c1-3-4-5-18-21(17(22)12-24-18)16-8-13(2)6-7-14(16)10-23-11-15(20)9-19;1-4-6-8-15(18-11-7-5-2)14-9-10-16(17(21)12-14)19-13(3)20;1-6-2-4-7(5-3-6)11-8(9)10/h5-8,15H,3-4,9-12H2,1-2H3;8-12H,4-7,21H2,1-3H3,(H,19,20);2-5,8H,1H3/b18-5+;15-8+,18-11?;. The number of nitrogens with one attached hydrogen (secondary N) is 1. The lowest BCUT2D eigenvalue weighted by molar-refractivity contribution is -0.115. The zero-order chi connectivity index (χ0) is 41.5. The summed E-state index contributed by atoms with van der Waals surface area (Å²) in [5, 5.41) is 4.72. The largest absolute Gasteiger partial charge is 0.435 e. The zero-order valence-corrected chi connectivity index (χ0v) is 35.2. The maximum absolute atomic E-state index is 13.0. The number of amides is 2. The van der Waals surface area contributed by atoms with Crippen LogP contribution in [0.25, 0.3) is 5.70 Å². The first kappa shape index (κ1) is 48.2. The van der Waals surface area contributed by atoms with Gasteiger partial charge in [-0.2, -0.15) is 8.78 Å². The monoisotopic (exact) mass is 817 g/mol. The van der Waals surface area contributed by atoms with E-state index in [0.717, 1.165) is 88.2 Å². The number of rotatable bonds is 17. The van der Waals surface area contributed by atoms with E-state index in [-0.39, 0.29) is 30.8 Å². The quantitative estimate of drug-likeness (QED) is 0.0834. The van der Waals surface area contributed by atoms with Gasteiger partial charge in [-0.05, 0) is 74.3 Å².